The predicted octanol–water partition coefficient (Wildman–Crippen LogP) is 2.73. The summed E-state index contributed by atoms with van der Waals surface area (Å²) < 4.78 is 0. The van der Waals surface area contributed by atoms with Crippen molar-refractivity contribution in [2.75, 3.05) is 18.9 Å². The van der Waals surface area contributed by atoms with E-state index in [-0.39, 0.29) is 23.4 Å². The zero-order valence-electron chi connectivity index (χ0n) is 16.7. The van der Waals surface area contributed by atoms with E-state index in [0.29, 0.717) is 23.7 Å². The first-order valence-electron chi connectivity index (χ1n) is 10.4. The first kappa shape index (κ1) is 18.9. The molecule has 27 heavy (non-hydrogen) atoms. The summed E-state index contributed by atoms with van der Waals surface area (Å²) in [6, 6.07) is 0. The van der Waals surface area contributed by atoms with Crippen molar-refractivity contribution in [3.8, 4) is 0 Å². The molecule has 1 aromatic rings. The number of anilines is 1. The van der Waals surface area contributed by atoms with Gasteiger partial charge in [0.05, 0.1) is 0 Å². The molecule has 148 valence electrons. The number of allylic oxidation sites excluding steroid dienone is 1. The van der Waals surface area contributed by atoms with Gasteiger partial charge in [0, 0.05) is 18.5 Å². The fraction of sp³-hybridized carbons (Fsp3) is 0.727. The number of aromatic nitrogens is 2. The number of hydrogen-bond donors (Lipinski definition) is 3. The Bertz CT molecular complexity index is 750. The van der Waals surface area contributed by atoms with Crippen LogP contribution in [0.15, 0.2) is 18.3 Å². The van der Waals surface area contributed by atoms with Gasteiger partial charge in [-0.15, -0.1) is 0 Å². The highest BCUT2D eigenvalue weighted by molar-refractivity contribution is 5.30. The molecule has 5 nitrogen and oxygen atoms in total. The molecule has 1 heterocycles. The summed E-state index contributed by atoms with van der Waals surface area (Å²) in [6.45, 7) is 10.1. The molecule has 4 rings (SSSR count). The van der Waals surface area contributed by atoms with E-state index < -0.39 is 0 Å². The molecule has 3 aliphatic carbocycles. The number of nitrogen functional groups attached to an aromatic ring is 1. The van der Waals surface area contributed by atoms with Crippen LogP contribution in [-0.2, 0) is 12.8 Å². The zero-order valence-corrected chi connectivity index (χ0v) is 16.7. The number of hydrogen-bond acceptors (Lipinski definition) is 5. The Kier molecular flexibility index (Phi) is 4.59. The van der Waals surface area contributed by atoms with Gasteiger partial charge >= 0.3 is 0 Å². The monoisotopic (exact) mass is 370 g/mol. The molecule has 1 aromatic heterocycles. The Labute approximate surface area is 162 Å². The van der Waals surface area contributed by atoms with Crippen molar-refractivity contribution in [3.05, 3.63) is 29.6 Å². The van der Waals surface area contributed by atoms with Gasteiger partial charge < -0.3 is 16.6 Å². The van der Waals surface area contributed by atoms with E-state index in [0.717, 1.165) is 37.9 Å². The number of rotatable bonds is 3. The van der Waals surface area contributed by atoms with E-state index in [1.807, 2.05) is 6.20 Å². The molecule has 5 heteroatoms. The first-order valence-corrected chi connectivity index (χ1v) is 10.4. The van der Waals surface area contributed by atoms with Crippen molar-refractivity contribution in [1.29, 1.82) is 0 Å². The molecule has 2 fully saturated rings. The van der Waals surface area contributed by atoms with Gasteiger partial charge in [0.2, 0.25) is 5.95 Å². The van der Waals surface area contributed by atoms with Crippen molar-refractivity contribution >= 4 is 5.95 Å². The summed E-state index contributed by atoms with van der Waals surface area (Å²) in [5.41, 5.74) is 16.1. The normalized spacial score (nSPS) is 41.3. The standard InChI is InChI=1S/C22H34N4O/c1-13-4-5-17-16(10-23)18(6-7-21(13,17)2)22(3)9-14-11-25-20(24)26-19(14)8-15(22)12-27/h11,15-18,27H,1,4-10,12,23H2,2-3H3,(H2,24,25,26)/t15-,16+,17+,18+,21-,22+/m1/s1. The van der Waals surface area contributed by atoms with E-state index in [1.54, 1.807) is 0 Å². The number of aliphatic hydroxyl groups is 1. The van der Waals surface area contributed by atoms with Crippen molar-refractivity contribution in [3.63, 3.8) is 0 Å². The molecule has 5 N–H and O–H groups in total. The predicted molar refractivity (Wildman–Crippen MR) is 108 cm³/mol. The van der Waals surface area contributed by atoms with Gasteiger partial charge in [-0.2, -0.15) is 0 Å². The van der Waals surface area contributed by atoms with Crippen LogP contribution in [0.25, 0.3) is 0 Å². The lowest BCUT2D eigenvalue weighted by Crippen LogP contribution is -2.53. The fourth-order valence-corrected chi connectivity index (χ4v) is 6.85. The van der Waals surface area contributed by atoms with Crippen molar-refractivity contribution < 1.29 is 5.11 Å². The van der Waals surface area contributed by atoms with Crippen LogP contribution in [0.5, 0.6) is 0 Å². The van der Waals surface area contributed by atoms with Crippen LogP contribution >= 0.6 is 0 Å². The quantitative estimate of drug-likeness (QED) is 0.711. The molecule has 0 bridgehead atoms. The molecule has 2 saturated carbocycles. The van der Waals surface area contributed by atoms with Gasteiger partial charge in [0.1, 0.15) is 0 Å². The molecule has 3 aliphatic rings. The van der Waals surface area contributed by atoms with Crippen LogP contribution in [0, 0.1) is 34.5 Å². The number of nitrogens with zero attached hydrogens (tertiary/aromatic N) is 2. The second-order valence-corrected chi connectivity index (χ2v) is 9.68. The molecule has 6 atom stereocenters. The van der Waals surface area contributed by atoms with E-state index in [1.165, 1.54) is 24.0 Å². The average molecular weight is 371 g/mol. The molecule has 0 amide bonds. The summed E-state index contributed by atoms with van der Waals surface area (Å²) in [5, 5.41) is 10.3. The Balaban J connectivity index is 1.70. The minimum absolute atomic E-state index is 0.0104. The SMILES string of the molecule is C=C1CC[C@H]2[C@H](CN)[C@@H]([C@@]3(C)Cc4cnc(N)nc4C[C@@H]3CO)CC[C@]12C. The minimum atomic E-state index is 0.0104. The minimum Gasteiger partial charge on any atom is -0.396 e. The third-order valence-corrected chi connectivity index (χ3v) is 8.65. The zero-order chi connectivity index (χ0) is 19.4. The highest BCUT2D eigenvalue weighted by atomic mass is 16.3. The maximum atomic E-state index is 10.3. The summed E-state index contributed by atoms with van der Waals surface area (Å²) >= 11 is 0. The van der Waals surface area contributed by atoms with Crippen molar-refractivity contribution in [2.45, 2.75) is 52.4 Å². The van der Waals surface area contributed by atoms with Crippen molar-refractivity contribution in [1.82, 2.24) is 9.97 Å². The topological polar surface area (TPSA) is 98.0 Å². The number of nitrogens with two attached hydrogens (primary N) is 2. The molecule has 0 radical (unpaired) electrons. The largest absolute Gasteiger partial charge is 0.396 e. The molecule has 0 aromatic carbocycles. The highest BCUT2D eigenvalue weighted by Gasteiger charge is 2.56. The number of aliphatic hydroxyl groups excluding tert-OH is 1. The van der Waals surface area contributed by atoms with Gasteiger partial charge in [-0.3, -0.25) is 0 Å². The van der Waals surface area contributed by atoms with E-state index in [4.69, 9.17) is 11.5 Å². The van der Waals surface area contributed by atoms with Crippen LogP contribution in [-0.4, -0.2) is 28.2 Å². The van der Waals surface area contributed by atoms with Crippen LogP contribution in [0.1, 0.15) is 50.8 Å². The van der Waals surface area contributed by atoms with Crippen LogP contribution in [0.2, 0.25) is 0 Å². The second-order valence-electron chi connectivity index (χ2n) is 9.68. The lowest BCUT2D eigenvalue weighted by Gasteiger charge is -2.56. The molecular weight excluding hydrogens is 336 g/mol. The maximum absolute atomic E-state index is 10.3. The third kappa shape index (κ3) is 2.73. The van der Waals surface area contributed by atoms with E-state index >= 15 is 0 Å². The van der Waals surface area contributed by atoms with Crippen LogP contribution in [0.4, 0.5) is 5.95 Å². The molecular formula is C22H34N4O. The van der Waals surface area contributed by atoms with Gasteiger partial charge in [-0.05, 0) is 85.1 Å². The molecule has 0 unspecified atom stereocenters. The van der Waals surface area contributed by atoms with Crippen LogP contribution in [0.3, 0.4) is 0 Å². The Morgan fingerprint density at radius 2 is 2.07 bits per heavy atom. The summed E-state index contributed by atoms with van der Waals surface area (Å²) in [6.07, 6.45) is 8.27. The van der Waals surface area contributed by atoms with Gasteiger partial charge in [0.25, 0.3) is 0 Å². The van der Waals surface area contributed by atoms with Gasteiger partial charge in [0.15, 0.2) is 0 Å². The highest BCUT2D eigenvalue weighted by Crippen LogP contribution is 2.62. The summed E-state index contributed by atoms with van der Waals surface area (Å²) in [4.78, 5) is 8.69. The first-order chi connectivity index (χ1) is 12.8. The summed E-state index contributed by atoms with van der Waals surface area (Å²) in [5.74, 6) is 2.13. The average Bonchev–Trinajstić information content (AvgIpc) is 2.95. The number of fused-ring (bicyclic) bond motifs is 2. The van der Waals surface area contributed by atoms with Crippen molar-refractivity contribution in [2.24, 2.45) is 40.2 Å². The Hall–Kier alpha value is -1.46. The molecule has 0 spiro atoms. The maximum Gasteiger partial charge on any atom is 0.220 e. The van der Waals surface area contributed by atoms with E-state index in [2.05, 4.69) is 30.4 Å². The van der Waals surface area contributed by atoms with Crippen LogP contribution < -0.4 is 11.5 Å². The van der Waals surface area contributed by atoms with Gasteiger partial charge in [-0.25, -0.2) is 9.97 Å². The third-order valence-electron chi connectivity index (χ3n) is 8.65. The second kappa shape index (κ2) is 6.56. The Morgan fingerprint density at radius 1 is 1.30 bits per heavy atom. The van der Waals surface area contributed by atoms with Gasteiger partial charge in [-0.1, -0.05) is 26.0 Å². The van der Waals surface area contributed by atoms with E-state index in [9.17, 15) is 5.11 Å². The molecule has 0 saturated heterocycles. The lowest BCUT2D eigenvalue weighted by molar-refractivity contribution is -0.0538. The molecule has 0 aliphatic heterocycles. The summed E-state index contributed by atoms with van der Waals surface area (Å²) in [7, 11) is 0. The smallest absolute Gasteiger partial charge is 0.220 e. The Morgan fingerprint density at radius 3 is 2.78 bits per heavy atom. The fourth-order valence-electron chi connectivity index (χ4n) is 6.85. The lowest BCUT2D eigenvalue weighted by atomic mass is 9.49.